The highest BCUT2D eigenvalue weighted by Gasteiger charge is 2.12. The third-order valence-electron chi connectivity index (χ3n) is 3.71. The Morgan fingerprint density at radius 1 is 0.619 bits per heavy atom. The molecule has 0 bridgehead atoms. The first kappa shape index (κ1) is 12.8. The normalized spacial score (nSPS) is 11.3. The molecule has 1 heterocycles. The zero-order chi connectivity index (χ0) is 14.4. The molecule has 1 aromatic heterocycles. The Kier molecular flexibility index (Phi) is 2.91. The van der Waals surface area contributed by atoms with Crippen LogP contribution < -0.4 is 0 Å². The number of para-hydroxylation sites is 1. The maximum atomic E-state index is 6.20. The molecule has 0 unspecified atom stereocenters. The number of halogens is 2. The standard InChI is InChI=1S/C18H11Cl2N/c19-12-6-8-15-16-9-7-13(20)11-18(16)21(17(15)10-12)14-4-2-1-3-5-14/h1-11H. The van der Waals surface area contributed by atoms with Crippen LogP contribution in [0.15, 0.2) is 66.7 Å². The molecular weight excluding hydrogens is 301 g/mol. The van der Waals surface area contributed by atoms with Crippen LogP contribution in [-0.4, -0.2) is 4.57 Å². The summed E-state index contributed by atoms with van der Waals surface area (Å²) in [7, 11) is 0. The lowest BCUT2D eigenvalue weighted by Gasteiger charge is -2.07. The van der Waals surface area contributed by atoms with E-state index in [9.17, 15) is 0 Å². The molecule has 0 N–H and O–H groups in total. The Morgan fingerprint density at radius 3 is 1.67 bits per heavy atom. The molecule has 0 saturated carbocycles. The minimum Gasteiger partial charge on any atom is -0.309 e. The maximum absolute atomic E-state index is 6.20. The summed E-state index contributed by atoms with van der Waals surface area (Å²) in [6, 6.07) is 22.2. The first-order valence-electron chi connectivity index (χ1n) is 6.69. The predicted octanol–water partition coefficient (Wildman–Crippen LogP) is 6.09. The van der Waals surface area contributed by atoms with Gasteiger partial charge in [0.1, 0.15) is 0 Å². The van der Waals surface area contributed by atoms with E-state index in [2.05, 4.69) is 28.8 Å². The second-order valence-corrected chi connectivity index (χ2v) is 5.87. The van der Waals surface area contributed by atoms with Crippen LogP contribution in [0.3, 0.4) is 0 Å². The minimum absolute atomic E-state index is 0.730. The predicted molar refractivity (Wildman–Crippen MR) is 90.8 cm³/mol. The number of rotatable bonds is 1. The van der Waals surface area contributed by atoms with Crippen molar-refractivity contribution in [1.29, 1.82) is 0 Å². The number of hydrogen-bond acceptors (Lipinski definition) is 0. The fraction of sp³-hybridized carbons (Fsp3) is 0. The maximum Gasteiger partial charge on any atom is 0.0555 e. The quantitative estimate of drug-likeness (QED) is 0.401. The summed E-state index contributed by atoms with van der Waals surface area (Å²) in [5, 5.41) is 3.81. The third-order valence-corrected chi connectivity index (χ3v) is 4.18. The summed E-state index contributed by atoms with van der Waals surface area (Å²) in [4.78, 5) is 0. The Balaban J connectivity index is 2.24. The van der Waals surface area contributed by atoms with E-state index in [4.69, 9.17) is 23.2 Å². The number of aromatic nitrogens is 1. The van der Waals surface area contributed by atoms with E-state index in [1.807, 2.05) is 42.5 Å². The van der Waals surface area contributed by atoms with Crippen LogP contribution in [-0.2, 0) is 0 Å². The molecule has 0 aliphatic rings. The van der Waals surface area contributed by atoms with Gasteiger partial charge in [-0.25, -0.2) is 0 Å². The van der Waals surface area contributed by atoms with Gasteiger partial charge in [0.25, 0.3) is 0 Å². The van der Waals surface area contributed by atoms with E-state index in [1.165, 1.54) is 10.8 Å². The number of fused-ring (bicyclic) bond motifs is 3. The van der Waals surface area contributed by atoms with Gasteiger partial charge < -0.3 is 4.57 Å². The Labute approximate surface area is 132 Å². The largest absolute Gasteiger partial charge is 0.309 e. The van der Waals surface area contributed by atoms with Crippen molar-refractivity contribution >= 4 is 45.0 Å². The zero-order valence-corrected chi connectivity index (χ0v) is 12.6. The summed E-state index contributed by atoms with van der Waals surface area (Å²) < 4.78 is 2.20. The Bertz CT molecular complexity index is 896. The minimum atomic E-state index is 0.730. The Hall–Kier alpha value is -1.96. The third kappa shape index (κ3) is 2.01. The molecule has 0 aliphatic heterocycles. The second-order valence-electron chi connectivity index (χ2n) is 4.99. The monoisotopic (exact) mass is 311 g/mol. The molecule has 0 radical (unpaired) electrons. The van der Waals surface area contributed by atoms with Crippen LogP contribution in [0.2, 0.25) is 10.0 Å². The van der Waals surface area contributed by atoms with Crippen molar-refractivity contribution in [2.24, 2.45) is 0 Å². The lowest BCUT2D eigenvalue weighted by Crippen LogP contribution is -1.92. The molecule has 21 heavy (non-hydrogen) atoms. The molecular formula is C18H11Cl2N. The molecule has 0 spiro atoms. The molecule has 0 atom stereocenters. The highest BCUT2D eigenvalue weighted by Crippen LogP contribution is 2.34. The highest BCUT2D eigenvalue weighted by atomic mass is 35.5. The van der Waals surface area contributed by atoms with E-state index >= 15 is 0 Å². The summed E-state index contributed by atoms with van der Waals surface area (Å²) in [5.74, 6) is 0. The molecule has 0 saturated heterocycles. The fourth-order valence-corrected chi connectivity index (χ4v) is 3.15. The van der Waals surface area contributed by atoms with Gasteiger partial charge in [0.2, 0.25) is 0 Å². The molecule has 0 aliphatic carbocycles. The van der Waals surface area contributed by atoms with Gasteiger partial charge in [-0.15, -0.1) is 0 Å². The van der Waals surface area contributed by atoms with E-state index in [0.717, 1.165) is 26.8 Å². The van der Waals surface area contributed by atoms with Crippen LogP contribution >= 0.6 is 23.2 Å². The lowest BCUT2D eigenvalue weighted by molar-refractivity contribution is 1.18. The average Bonchev–Trinajstić information content (AvgIpc) is 2.80. The molecule has 4 rings (SSSR count). The summed E-state index contributed by atoms with van der Waals surface area (Å²) in [6.07, 6.45) is 0. The van der Waals surface area contributed by atoms with Crippen LogP contribution in [0.4, 0.5) is 0 Å². The first-order chi connectivity index (χ1) is 10.2. The average molecular weight is 312 g/mol. The number of nitrogens with zero attached hydrogens (tertiary/aromatic N) is 1. The van der Waals surface area contributed by atoms with Crippen LogP contribution in [0.5, 0.6) is 0 Å². The summed E-state index contributed by atoms with van der Waals surface area (Å²) in [5.41, 5.74) is 3.28. The van der Waals surface area contributed by atoms with E-state index in [-0.39, 0.29) is 0 Å². The van der Waals surface area contributed by atoms with Crippen LogP contribution in [0.1, 0.15) is 0 Å². The topological polar surface area (TPSA) is 4.93 Å². The van der Waals surface area contributed by atoms with Gasteiger partial charge in [-0.3, -0.25) is 0 Å². The van der Waals surface area contributed by atoms with Gasteiger partial charge in [-0.2, -0.15) is 0 Å². The second kappa shape index (κ2) is 4.80. The van der Waals surface area contributed by atoms with Gasteiger partial charge in [-0.1, -0.05) is 53.5 Å². The number of hydrogen-bond donors (Lipinski definition) is 0. The van der Waals surface area contributed by atoms with Gasteiger partial charge in [0.05, 0.1) is 11.0 Å². The SMILES string of the molecule is Clc1ccc2c3ccc(Cl)cc3n(-c3ccccc3)c2c1. The van der Waals surface area contributed by atoms with Crippen LogP contribution in [0, 0.1) is 0 Å². The van der Waals surface area contributed by atoms with E-state index < -0.39 is 0 Å². The van der Waals surface area contributed by atoms with Gasteiger partial charge in [0, 0.05) is 26.5 Å². The zero-order valence-electron chi connectivity index (χ0n) is 11.1. The van der Waals surface area contributed by atoms with E-state index in [0.29, 0.717) is 0 Å². The highest BCUT2D eigenvalue weighted by molar-refractivity contribution is 6.32. The van der Waals surface area contributed by atoms with Crippen molar-refractivity contribution in [2.45, 2.75) is 0 Å². The molecule has 0 fully saturated rings. The smallest absolute Gasteiger partial charge is 0.0555 e. The van der Waals surface area contributed by atoms with Gasteiger partial charge in [0.15, 0.2) is 0 Å². The lowest BCUT2D eigenvalue weighted by atomic mass is 10.1. The van der Waals surface area contributed by atoms with Crippen molar-refractivity contribution < 1.29 is 0 Å². The summed E-state index contributed by atoms with van der Waals surface area (Å²) in [6.45, 7) is 0. The first-order valence-corrected chi connectivity index (χ1v) is 7.44. The van der Waals surface area contributed by atoms with Gasteiger partial charge >= 0.3 is 0 Å². The van der Waals surface area contributed by atoms with Crippen molar-refractivity contribution in [3.8, 4) is 5.69 Å². The van der Waals surface area contributed by atoms with Crippen molar-refractivity contribution in [2.75, 3.05) is 0 Å². The summed E-state index contributed by atoms with van der Waals surface area (Å²) >= 11 is 12.4. The van der Waals surface area contributed by atoms with E-state index in [1.54, 1.807) is 0 Å². The Morgan fingerprint density at radius 2 is 1.14 bits per heavy atom. The molecule has 3 heteroatoms. The molecule has 4 aromatic rings. The molecule has 3 aromatic carbocycles. The van der Waals surface area contributed by atoms with Crippen LogP contribution in [0.25, 0.3) is 27.5 Å². The van der Waals surface area contributed by atoms with Crippen molar-refractivity contribution in [1.82, 2.24) is 4.57 Å². The molecule has 0 amide bonds. The molecule has 102 valence electrons. The molecule has 1 nitrogen and oxygen atoms in total. The number of benzene rings is 3. The van der Waals surface area contributed by atoms with Crippen molar-refractivity contribution in [3.63, 3.8) is 0 Å². The van der Waals surface area contributed by atoms with Crippen molar-refractivity contribution in [3.05, 3.63) is 76.8 Å². The fourth-order valence-electron chi connectivity index (χ4n) is 2.82. The van der Waals surface area contributed by atoms with Gasteiger partial charge in [-0.05, 0) is 36.4 Å².